The first-order valence-electron chi connectivity index (χ1n) is 13.9. The topological polar surface area (TPSA) is 116 Å². The molecule has 43 heavy (non-hydrogen) atoms. The first-order valence-corrected chi connectivity index (χ1v) is 19.0. The minimum absolute atomic E-state index is 0.0914. The molecular weight excluding hydrogens is 581 g/mol. The molecule has 0 bridgehead atoms. The van der Waals surface area contributed by atoms with Gasteiger partial charge in [0.15, 0.2) is 5.82 Å². The molecule has 0 amide bonds. The van der Waals surface area contributed by atoms with Gasteiger partial charge in [0.1, 0.15) is 12.5 Å². The number of methoxy groups -OCH3 is 1. The minimum atomic E-state index is -3.96. The zero-order chi connectivity index (χ0) is 31.1. The number of hydrogen-bond donors (Lipinski definition) is 0. The van der Waals surface area contributed by atoms with Crippen molar-refractivity contribution in [1.29, 1.82) is 5.26 Å². The van der Waals surface area contributed by atoms with E-state index in [1.54, 1.807) is 66.1 Å². The quantitative estimate of drug-likeness (QED) is 0.103. The summed E-state index contributed by atoms with van der Waals surface area (Å²) in [6, 6.07) is 18.1. The number of aromatic nitrogens is 3. The highest BCUT2D eigenvalue weighted by Gasteiger charge is 2.29. The fourth-order valence-electron chi connectivity index (χ4n) is 5.04. The van der Waals surface area contributed by atoms with Crippen molar-refractivity contribution in [1.82, 2.24) is 13.5 Å². The van der Waals surface area contributed by atoms with Crippen molar-refractivity contribution in [2.45, 2.75) is 51.2 Å². The number of ether oxygens (including phenoxy) is 2. The van der Waals surface area contributed by atoms with E-state index >= 15 is 0 Å². The van der Waals surface area contributed by atoms with Crippen LogP contribution in [0.3, 0.4) is 0 Å². The van der Waals surface area contributed by atoms with Crippen LogP contribution in [0.25, 0.3) is 21.9 Å². The Morgan fingerprint density at radius 1 is 1.05 bits per heavy atom. The maximum Gasteiger partial charge on any atom is 0.268 e. The molecule has 2 aromatic heterocycles. The second-order valence-corrected chi connectivity index (χ2v) is 19.3. The van der Waals surface area contributed by atoms with Gasteiger partial charge in [-0.2, -0.15) is 5.26 Å². The van der Waals surface area contributed by atoms with Crippen LogP contribution in [0.15, 0.2) is 65.7 Å². The van der Waals surface area contributed by atoms with Gasteiger partial charge in [-0.15, -0.1) is 0 Å². The number of fused-ring (bicyclic) bond motifs is 2. The van der Waals surface area contributed by atoms with Gasteiger partial charge in [-0.05, 0) is 67.9 Å². The van der Waals surface area contributed by atoms with Gasteiger partial charge in [-0.25, -0.2) is 17.4 Å². The van der Waals surface area contributed by atoms with Crippen LogP contribution in [0.1, 0.15) is 32.9 Å². The summed E-state index contributed by atoms with van der Waals surface area (Å²) < 4.78 is 42.1. The Morgan fingerprint density at radius 3 is 2.42 bits per heavy atom. The number of aryl methyl sites for hydroxylation is 2. The van der Waals surface area contributed by atoms with Crippen molar-refractivity contribution in [2.75, 3.05) is 13.7 Å². The Kier molecular flexibility index (Phi) is 8.05. The molecule has 222 valence electrons. The van der Waals surface area contributed by atoms with Crippen molar-refractivity contribution in [3.8, 4) is 11.8 Å². The highest BCUT2D eigenvalue weighted by molar-refractivity contribution is 7.90. The standard InChI is InChI=1S/C32H34N4O5SSi/c1-21-7-10-24(11-8-21)42(38,39)36-14-13-25-29(28(40-3)17-22(2)30(25)36)31(37)32-34-26-18-23(19-33)9-12-27(26)35(32)20-41-15-16-43(4,5)6/h7-14,17-18H,15-16,20H2,1-6H3. The van der Waals surface area contributed by atoms with E-state index in [-0.39, 0.29) is 23.0 Å². The molecule has 11 heteroatoms. The van der Waals surface area contributed by atoms with Gasteiger partial charge >= 0.3 is 0 Å². The number of nitrogens with zero attached hydrogens (tertiary/aromatic N) is 4. The summed E-state index contributed by atoms with van der Waals surface area (Å²) in [5.74, 6) is -0.0389. The van der Waals surface area contributed by atoms with Crippen LogP contribution in [-0.2, 0) is 21.5 Å². The molecule has 3 aromatic carbocycles. The molecule has 0 saturated heterocycles. The van der Waals surface area contributed by atoms with E-state index in [1.165, 1.54) is 17.3 Å². The van der Waals surface area contributed by atoms with Gasteiger partial charge in [0.2, 0.25) is 5.78 Å². The van der Waals surface area contributed by atoms with Crippen molar-refractivity contribution in [3.05, 3.63) is 88.9 Å². The molecule has 0 atom stereocenters. The highest BCUT2D eigenvalue weighted by atomic mass is 32.2. The van der Waals surface area contributed by atoms with Gasteiger partial charge in [0.25, 0.3) is 10.0 Å². The summed E-state index contributed by atoms with van der Waals surface area (Å²) in [5.41, 5.74) is 3.70. The molecule has 2 heterocycles. The van der Waals surface area contributed by atoms with Gasteiger partial charge < -0.3 is 9.47 Å². The lowest BCUT2D eigenvalue weighted by molar-refractivity contribution is 0.0834. The summed E-state index contributed by atoms with van der Waals surface area (Å²) >= 11 is 0. The monoisotopic (exact) mass is 614 g/mol. The zero-order valence-electron chi connectivity index (χ0n) is 25.1. The van der Waals surface area contributed by atoms with Crippen molar-refractivity contribution in [2.24, 2.45) is 0 Å². The molecule has 9 nitrogen and oxygen atoms in total. The third-order valence-corrected chi connectivity index (χ3v) is 10.8. The summed E-state index contributed by atoms with van der Waals surface area (Å²) in [5, 5.41) is 9.87. The van der Waals surface area contributed by atoms with E-state index in [0.29, 0.717) is 45.4 Å². The molecule has 0 aliphatic heterocycles. The third kappa shape index (κ3) is 5.73. The maximum absolute atomic E-state index is 14.4. The second-order valence-electron chi connectivity index (χ2n) is 11.8. The number of carbonyl (C=O) groups excluding carboxylic acids is 1. The molecule has 0 aliphatic carbocycles. The molecule has 0 unspecified atom stereocenters. The largest absolute Gasteiger partial charge is 0.496 e. The average molecular weight is 615 g/mol. The number of nitriles is 1. The lowest BCUT2D eigenvalue weighted by Gasteiger charge is -2.17. The minimum Gasteiger partial charge on any atom is -0.496 e. The van der Waals surface area contributed by atoms with E-state index in [2.05, 4.69) is 30.7 Å². The Morgan fingerprint density at radius 2 is 1.77 bits per heavy atom. The van der Waals surface area contributed by atoms with E-state index in [4.69, 9.17) is 9.47 Å². The van der Waals surface area contributed by atoms with Gasteiger partial charge in [-0.3, -0.25) is 9.36 Å². The number of carbonyl (C=O) groups is 1. The number of ketones is 1. The second kappa shape index (κ2) is 11.4. The zero-order valence-corrected chi connectivity index (χ0v) is 26.9. The maximum atomic E-state index is 14.4. The fraction of sp³-hybridized carbons (Fsp3) is 0.281. The van der Waals surface area contributed by atoms with Crippen molar-refractivity contribution in [3.63, 3.8) is 0 Å². The molecule has 0 N–H and O–H groups in total. The molecular formula is C32H34N4O5SSi. The highest BCUT2D eigenvalue weighted by Crippen LogP contribution is 2.36. The van der Waals surface area contributed by atoms with Crippen molar-refractivity contribution >= 4 is 45.8 Å². The van der Waals surface area contributed by atoms with Crippen molar-refractivity contribution < 1.29 is 22.7 Å². The predicted molar refractivity (Wildman–Crippen MR) is 169 cm³/mol. The molecule has 5 aromatic rings. The first kappa shape index (κ1) is 30.2. The van der Waals surface area contributed by atoms with Crippen LogP contribution < -0.4 is 4.74 Å². The van der Waals surface area contributed by atoms with Crippen LogP contribution in [0.5, 0.6) is 5.75 Å². The third-order valence-electron chi connectivity index (χ3n) is 7.41. The van der Waals surface area contributed by atoms with Gasteiger partial charge in [-0.1, -0.05) is 37.3 Å². The van der Waals surface area contributed by atoms with Gasteiger partial charge in [0.05, 0.1) is 45.8 Å². The van der Waals surface area contributed by atoms with Crippen LogP contribution in [0.2, 0.25) is 25.7 Å². The first-order chi connectivity index (χ1) is 20.4. The lowest BCUT2D eigenvalue weighted by Crippen LogP contribution is -2.22. The number of rotatable bonds is 10. The number of benzene rings is 3. The van der Waals surface area contributed by atoms with Crippen LogP contribution in [0.4, 0.5) is 0 Å². The smallest absolute Gasteiger partial charge is 0.268 e. The fourth-order valence-corrected chi connectivity index (χ4v) is 7.21. The van der Waals surface area contributed by atoms with E-state index < -0.39 is 23.9 Å². The van der Waals surface area contributed by atoms with E-state index in [9.17, 15) is 18.5 Å². The Balaban J connectivity index is 1.67. The Labute approximate surface area is 252 Å². The number of hydrogen-bond acceptors (Lipinski definition) is 7. The summed E-state index contributed by atoms with van der Waals surface area (Å²) in [7, 11) is -3.83. The van der Waals surface area contributed by atoms with Crippen LogP contribution in [0, 0.1) is 25.2 Å². The lowest BCUT2D eigenvalue weighted by atomic mass is 10.0. The van der Waals surface area contributed by atoms with Gasteiger partial charge in [0, 0.05) is 26.3 Å². The Bertz CT molecular complexity index is 2010. The summed E-state index contributed by atoms with van der Waals surface area (Å²) in [4.78, 5) is 19.2. The average Bonchev–Trinajstić information content (AvgIpc) is 3.57. The van der Waals surface area contributed by atoms with Crippen LogP contribution in [-0.4, -0.2) is 49.5 Å². The predicted octanol–water partition coefficient (Wildman–Crippen LogP) is 6.27. The molecule has 0 spiro atoms. The molecule has 0 fully saturated rings. The van der Waals surface area contributed by atoms with Crippen LogP contribution >= 0.6 is 0 Å². The van der Waals surface area contributed by atoms with E-state index in [0.717, 1.165) is 11.6 Å². The molecule has 0 aliphatic rings. The van der Waals surface area contributed by atoms with E-state index in [1.807, 2.05) is 6.92 Å². The molecule has 5 rings (SSSR count). The summed E-state index contributed by atoms with van der Waals surface area (Å²) in [6.07, 6.45) is 1.46. The SMILES string of the molecule is COc1cc(C)c2c(ccn2S(=O)(=O)c2ccc(C)cc2)c1C(=O)c1nc2cc(C#N)ccc2n1COCC[Si](C)(C)C. The molecule has 0 radical (unpaired) electrons. The number of imidazole rings is 1. The Hall–Kier alpha value is -4.24. The molecule has 0 saturated carbocycles. The summed E-state index contributed by atoms with van der Waals surface area (Å²) in [6.45, 7) is 11.1. The normalized spacial score (nSPS) is 12.1.